The lowest BCUT2D eigenvalue weighted by molar-refractivity contribution is -0.124. The summed E-state index contributed by atoms with van der Waals surface area (Å²) in [7, 11) is 0. The van der Waals surface area contributed by atoms with E-state index in [1.165, 1.54) is 11.3 Å². The largest absolute Gasteiger partial charge is 0.478 e. The lowest BCUT2D eigenvalue weighted by Crippen LogP contribution is -2.41. The Kier molecular flexibility index (Phi) is 3.96. The summed E-state index contributed by atoms with van der Waals surface area (Å²) in [4.78, 5) is 33.6. The van der Waals surface area contributed by atoms with Crippen LogP contribution in [0.25, 0.3) is 10.4 Å². The van der Waals surface area contributed by atoms with Gasteiger partial charge in [0.15, 0.2) is 5.84 Å². The monoisotopic (exact) mass is 343 g/mol. The quantitative estimate of drug-likeness (QED) is 0.893. The van der Waals surface area contributed by atoms with Gasteiger partial charge in [-0.05, 0) is 30.4 Å². The predicted octanol–water partition coefficient (Wildman–Crippen LogP) is 2.80. The van der Waals surface area contributed by atoms with Gasteiger partial charge in [0, 0.05) is 16.6 Å². The summed E-state index contributed by atoms with van der Waals surface area (Å²) in [5.74, 6) is -1.15. The number of aromatic nitrogens is 1. The fraction of sp³-hybridized carbons (Fsp3) is 0.294. The first-order valence-electron chi connectivity index (χ1n) is 7.52. The van der Waals surface area contributed by atoms with Gasteiger partial charge in [-0.2, -0.15) is 0 Å². The van der Waals surface area contributed by atoms with E-state index in [0.29, 0.717) is 0 Å². The Morgan fingerprint density at radius 2 is 2.17 bits per heavy atom. The molecular weight excluding hydrogens is 326 g/mol. The van der Waals surface area contributed by atoms with Crippen LogP contribution < -0.4 is 5.32 Å². The third-order valence-electron chi connectivity index (χ3n) is 4.31. The van der Waals surface area contributed by atoms with Gasteiger partial charge in [-0.1, -0.05) is 19.9 Å². The van der Waals surface area contributed by atoms with Crippen LogP contribution in [0.15, 0.2) is 34.8 Å². The van der Waals surface area contributed by atoms with Crippen molar-refractivity contribution in [3.8, 4) is 10.4 Å². The summed E-state index contributed by atoms with van der Waals surface area (Å²) in [6.07, 6.45) is 1.60. The molecule has 0 saturated heterocycles. The molecule has 0 spiro atoms. The van der Waals surface area contributed by atoms with Crippen LogP contribution in [-0.4, -0.2) is 33.3 Å². The van der Waals surface area contributed by atoms with E-state index in [1.54, 1.807) is 19.2 Å². The van der Waals surface area contributed by atoms with Gasteiger partial charge in [0.2, 0.25) is 0 Å². The highest BCUT2D eigenvalue weighted by molar-refractivity contribution is 7.13. The average Bonchev–Trinajstić information content (AvgIpc) is 3.16. The van der Waals surface area contributed by atoms with Gasteiger partial charge in [0.05, 0.1) is 5.56 Å². The van der Waals surface area contributed by atoms with Crippen LogP contribution in [0.2, 0.25) is 0 Å². The second kappa shape index (κ2) is 5.83. The molecule has 7 heteroatoms. The minimum absolute atomic E-state index is 0.0197. The molecule has 3 rings (SSSR count). The second-order valence-electron chi connectivity index (χ2n) is 6.12. The first-order valence-corrected chi connectivity index (χ1v) is 8.40. The van der Waals surface area contributed by atoms with E-state index in [9.17, 15) is 14.7 Å². The summed E-state index contributed by atoms with van der Waals surface area (Å²) in [6, 6.07) is 5.36. The van der Waals surface area contributed by atoms with Crippen molar-refractivity contribution >= 4 is 29.0 Å². The van der Waals surface area contributed by atoms with Gasteiger partial charge in [-0.25, -0.2) is 9.79 Å². The molecule has 1 aliphatic rings. The number of hydrogen-bond acceptors (Lipinski definition) is 5. The van der Waals surface area contributed by atoms with Gasteiger partial charge in [0.25, 0.3) is 5.91 Å². The number of amides is 1. The van der Waals surface area contributed by atoms with Crippen molar-refractivity contribution < 1.29 is 14.7 Å². The zero-order chi connectivity index (χ0) is 17.5. The first-order chi connectivity index (χ1) is 11.3. The number of nitrogens with one attached hydrogen (secondary N) is 1. The number of nitrogens with zero attached hydrogens (tertiary/aromatic N) is 2. The second-order valence-corrected chi connectivity index (χ2v) is 7.07. The Labute approximate surface area is 143 Å². The summed E-state index contributed by atoms with van der Waals surface area (Å²) in [6.45, 7) is 5.54. The van der Waals surface area contributed by atoms with Crippen LogP contribution in [-0.2, 0) is 4.79 Å². The molecule has 0 bridgehead atoms. The number of aliphatic imine (C=N–C) groups is 1. The highest BCUT2D eigenvalue weighted by Gasteiger charge is 2.43. The van der Waals surface area contributed by atoms with Crippen LogP contribution in [0.3, 0.4) is 0 Å². The maximum absolute atomic E-state index is 12.3. The molecule has 0 aromatic carbocycles. The molecule has 0 aliphatic carbocycles. The van der Waals surface area contributed by atoms with E-state index >= 15 is 0 Å². The minimum Gasteiger partial charge on any atom is -0.478 e. The Balaban J connectivity index is 2.09. The predicted molar refractivity (Wildman–Crippen MR) is 92.4 cm³/mol. The van der Waals surface area contributed by atoms with E-state index in [4.69, 9.17) is 0 Å². The third kappa shape index (κ3) is 2.60. The molecule has 2 aromatic heterocycles. The van der Waals surface area contributed by atoms with Crippen LogP contribution in [0, 0.1) is 5.92 Å². The molecule has 0 saturated carbocycles. The molecule has 2 N–H and O–H groups in total. The molecule has 1 unspecified atom stereocenters. The van der Waals surface area contributed by atoms with Crippen LogP contribution in [0.5, 0.6) is 0 Å². The Morgan fingerprint density at radius 3 is 2.71 bits per heavy atom. The molecule has 0 radical (unpaired) electrons. The maximum Gasteiger partial charge on any atom is 0.338 e. The zero-order valence-electron chi connectivity index (χ0n) is 13.5. The van der Waals surface area contributed by atoms with E-state index in [1.807, 2.05) is 31.4 Å². The number of carbonyl (C=O) groups is 2. The van der Waals surface area contributed by atoms with Gasteiger partial charge in [0.1, 0.15) is 11.2 Å². The molecule has 0 fully saturated rings. The van der Waals surface area contributed by atoms with Crippen molar-refractivity contribution in [3.05, 3.63) is 41.0 Å². The SMILES string of the molecule is CC(C)C1(C)N=C(c2ncc(-c3cccs3)cc2C(=O)O)NC1=O. The lowest BCUT2D eigenvalue weighted by atomic mass is 9.89. The summed E-state index contributed by atoms with van der Waals surface area (Å²) < 4.78 is 0. The van der Waals surface area contributed by atoms with E-state index in [0.717, 1.165) is 10.4 Å². The summed E-state index contributed by atoms with van der Waals surface area (Å²) in [5, 5.41) is 14.1. The van der Waals surface area contributed by atoms with Crippen molar-refractivity contribution in [2.24, 2.45) is 10.9 Å². The van der Waals surface area contributed by atoms with Crippen molar-refractivity contribution in [3.63, 3.8) is 0 Å². The summed E-state index contributed by atoms with van der Waals surface area (Å²) >= 11 is 1.51. The molecule has 1 aliphatic heterocycles. The number of amidine groups is 1. The number of thiophene rings is 1. The molecule has 1 amide bonds. The fourth-order valence-electron chi connectivity index (χ4n) is 2.44. The zero-order valence-corrected chi connectivity index (χ0v) is 14.3. The Morgan fingerprint density at radius 1 is 1.42 bits per heavy atom. The van der Waals surface area contributed by atoms with Crippen molar-refractivity contribution in [1.82, 2.24) is 10.3 Å². The number of carboxylic acid groups (broad SMARTS) is 1. The van der Waals surface area contributed by atoms with Crippen LogP contribution >= 0.6 is 11.3 Å². The van der Waals surface area contributed by atoms with Crippen LogP contribution in [0.4, 0.5) is 0 Å². The van der Waals surface area contributed by atoms with E-state index in [-0.39, 0.29) is 28.9 Å². The number of carboxylic acids is 1. The van der Waals surface area contributed by atoms with Gasteiger partial charge < -0.3 is 10.4 Å². The van der Waals surface area contributed by atoms with Crippen molar-refractivity contribution in [2.75, 3.05) is 0 Å². The molecule has 24 heavy (non-hydrogen) atoms. The number of rotatable bonds is 4. The molecule has 3 heterocycles. The first kappa shape index (κ1) is 16.3. The molecule has 6 nitrogen and oxygen atoms in total. The molecule has 124 valence electrons. The molecule has 2 aromatic rings. The Hall–Kier alpha value is -2.54. The molecular formula is C17H17N3O3S. The number of hydrogen-bond donors (Lipinski definition) is 2. The number of aromatic carboxylic acids is 1. The van der Waals surface area contributed by atoms with Crippen molar-refractivity contribution in [1.29, 1.82) is 0 Å². The van der Waals surface area contributed by atoms with Crippen LogP contribution in [0.1, 0.15) is 36.8 Å². The number of carbonyl (C=O) groups excluding carboxylic acids is 1. The topological polar surface area (TPSA) is 91.7 Å². The van der Waals surface area contributed by atoms with E-state index in [2.05, 4.69) is 15.3 Å². The van der Waals surface area contributed by atoms with Gasteiger partial charge in [-0.3, -0.25) is 9.78 Å². The smallest absolute Gasteiger partial charge is 0.338 e. The van der Waals surface area contributed by atoms with Gasteiger partial charge >= 0.3 is 5.97 Å². The average molecular weight is 343 g/mol. The normalized spacial score (nSPS) is 20.2. The highest BCUT2D eigenvalue weighted by atomic mass is 32.1. The standard InChI is InChI=1S/C17H17N3O3S/c1-9(2)17(3)16(23)19-14(20-17)13-11(15(21)22)7-10(8-18-13)12-5-4-6-24-12/h4-9H,1-3H3,(H,21,22)(H,19,20,23). The third-order valence-corrected chi connectivity index (χ3v) is 5.23. The molecule has 1 atom stereocenters. The van der Waals surface area contributed by atoms with E-state index < -0.39 is 11.5 Å². The maximum atomic E-state index is 12.3. The highest BCUT2D eigenvalue weighted by Crippen LogP contribution is 2.29. The Bertz CT molecular complexity index is 843. The fourth-order valence-corrected chi connectivity index (χ4v) is 3.15. The van der Waals surface area contributed by atoms with Gasteiger partial charge in [-0.15, -0.1) is 11.3 Å². The minimum atomic E-state index is -1.11. The number of pyridine rings is 1. The lowest BCUT2D eigenvalue weighted by Gasteiger charge is -2.21. The summed E-state index contributed by atoms with van der Waals surface area (Å²) in [5.41, 5.74) is 0.00957. The van der Waals surface area contributed by atoms with Crippen molar-refractivity contribution in [2.45, 2.75) is 26.3 Å².